The van der Waals surface area contributed by atoms with E-state index in [1.807, 2.05) is 49.4 Å². The van der Waals surface area contributed by atoms with Crippen LogP contribution in [0.4, 0.5) is 8.78 Å². The van der Waals surface area contributed by atoms with Gasteiger partial charge >= 0.3 is 6.61 Å². The standard InChI is InChI=1S/C22H20F2O3/c1-3-13-26-20-12-8-17-14-16(7-11-19(17)21(20)27-22(23)24)15-5-9-18(10-6-15)25-4-2/h3,5-12,14,22H,1,4,13H2,2H3. The highest BCUT2D eigenvalue weighted by Gasteiger charge is 2.15. The number of ether oxygens (including phenoxy) is 3. The fraction of sp³-hybridized carbons (Fsp3) is 0.182. The zero-order valence-electron chi connectivity index (χ0n) is 15.0. The second kappa shape index (κ2) is 8.54. The van der Waals surface area contributed by atoms with E-state index in [2.05, 4.69) is 6.58 Å². The highest BCUT2D eigenvalue weighted by atomic mass is 19.3. The molecular formula is C22H20F2O3. The fourth-order valence-corrected chi connectivity index (χ4v) is 2.84. The van der Waals surface area contributed by atoms with Crippen LogP contribution in [0.5, 0.6) is 17.2 Å². The molecule has 0 aliphatic rings. The lowest BCUT2D eigenvalue weighted by atomic mass is 10.0. The third kappa shape index (κ3) is 4.37. The van der Waals surface area contributed by atoms with Crippen molar-refractivity contribution >= 4 is 10.8 Å². The largest absolute Gasteiger partial charge is 0.494 e. The summed E-state index contributed by atoms with van der Waals surface area (Å²) < 4.78 is 41.4. The van der Waals surface area contributed by atoms with Crippen LogP contribution in [-0.2, 0) is 0 Å². The van der Waals surface area contributed by atoms with E-state index >= 15 is 0 Å². The lowest BCUT2D eigenvalue weighted by Crippen LogP contribution is -2.05. The highest BCUT2D eigenvalue weighted by Crippen LogP contribution is 2.38. The molecule has 0 radical (unpaired) electrons. The lowest BCUT2D eigenvalue weighted by molar-refractivity contribution is -0.0502. The molecule has 0 aliphatic carbocycles. The van der Waals surface area contributed by atoms with Gasteiger partial charge in [0.15, 0.2) is 11.5 Å². The molecule has 5 heteroatoms. The first-order valence-electron chi connectivity index (χ1n) is 8.61. The summed E-state index contributed by atoms with van der Waals surface area (Å²) >= 11 is 0. The van der Waals surface area contributed by atoms with Gasteiger partial charge < -0.3 is 14.2 Å². The Morgan fingerprint density at radius 2 is 1.70 bits per heavy atom. The second-order valence-corrected chi connectivity index (χ2v) is 5.76. The molecule has 0 saturated carbocycles. The number of hydrogen-bond acceptors (Lipinski definition) is 3. The normalized spacial score (nSPS) is 10.8. The number of benzene rings is 3. The number of fused-ring (bicyclic) bond motifs is 1. The molecule has 0 unspecified atom stereocenters. The van der Waals surface area contributed by atoms with Crippen LogP contribution in [0.1, 0.15) is 6.92 Å². The molecule has 0 fully saturated rings. The van der Waals surface area contributed by atoms with Crippen molar-refractivity contribution in [2.75, 3.05) is 13.2 Å². The van der Waals surface area contributed by atoms with Crippen molar-refractivity contribution in [3.8, 4) is 28.4 Å². The third-order valence-electron chi connectivity index (χ3n) is 4.00. The average Bonchev–Trinajstić information content (AvgIpc) is 2.67. The molecule has 0 heterocycles. The van der Waals surface area contributed by atoms with Crippen LogP contribution in [0.2, 0.25) is 0 Å². The van der Waals surface area contributed by atoms with E-state index in [0.717, 1.165) is 22.3 Å². The van der Waals surface area contributed by atoms with Crippen molar-refractivity contribution in [1.29, 1.82) is 0 Å². The van der Waals surface area contributed by atoms with Crippen molar-refractivity contribution in [2.24, 2.45) is 0 Å². The van der Waals surface area contributed by atoms with Gasteiger partial charge in [0, 0.05) is 5.39 Å². The summed E-state index contributed by atoms with van der Waals surface area (Å²) in [5, 5.41) is 1.34. The van der Waals surface area contributed by atoms with Crippen molar-refractivity contribution in [3.63, 3.8) is 0 Å². The van der Waals surface area contributed by atoms with Crippen molar-refractivity contribution < 1.29 is 23.0 Å². The van der Waals surface area contributed by atoms with E-state index < -0.39 is 6.61 Å². The zero-order chi connectivity index (χ0) is 19.2. The van der Waals surface area contributed by atoms with Crippen LogP contribution in [0.15, 0.2) is 67.3 Å². The molecule has 0 spiro atoms. The molecule has 0 aliphatic heterocycles. The first-order chi connectivity index (χ1) is 13.1. The Kier molecular flexibility index (Phi) is 5.91. The number of hydrogen-bond donors (Lipinski definition) is 0. The van der Waals surface area contributed by atoms with E-state index in [9.17, 15) is 8.78 Å². The van der Waals surface area contributed by atoms with Crippen LogP contribution in [0, 0.1) is 0 Å². The van der Waals surface area contributed by atoms with Gasteiger partial charge in [-0.15, -0.1) is 0 Å². The summed E-state index contributed by atoms with van der Waals surface area (Å²) in [5.41, 5.74) is 1.97. The summed E-state index contributed by atoms with van der Waals surface area (Å²) in [5.74, 6) is 1.10. The van der Waals surface area contributed by atoms with Crippen molar-refractivity contribution in [2.45, 2.75) is 13.5 Å². The average molecular weight is 370 g/mol. The van der Waals surface area contributed by atoms with Gasteiger partial charge in [0.1, 0.15) is 12.4 Å². The topological polar surface area (TPSA) is 27.7 Å². The smallest absolute Gasteiger partial charge is 0.387 e. The number of alkyl halides is 2. The summed E-state index contributed by atoms with van der Waals surface area (Å²) in [6.07, 6.45) is 1.55. The van der Waals surface area contributed by atoms with Gasteiger partial charge in [-0.3, -0.25) is 0 Å². The van der Waals surface area contributed by atoms with Gasteiger partial charge in [0.25, 0.3) is 0 Å². The molecule has 0 atom stereocenters. The molecule has 27 heavy (non-hydrogen) atoms. The molecular weight excluding hydrogens is 350 g/mol. The maximum Gasteiger partial charge on any atom is 0.387 e. The Morgan fingerprint density at radius 1 is 0.963 bits per heavy atom. The second-order valence-electron chi connectivity index (χ2n) is 5.76. The molecule has 0 aromatic heterocycles. The fourth-order valence-electron chi connectivity index (χ4n) is 2.84. The monoisotopic (exact) mass is 370 g/mol. The minimum Gasteiger partial charge on any atom is -0.494 e. The maximum absolute atomic E-state index is 12.9. The van der Waals surface area contributed by atoms with Gasteiger partial charge in [-0.25, -0.2) is 0 Å². The predicted molar refractivity (Wildman–Crippen MR) is 103 cm³/mol. The molecule has 3 aromatic carbocycles. The Bertz CT molecular complexity index is 921. The minimum absolute atomic E-state index is 0.0302. The summed E-state index contributed by atoms with van der Waals surface area (Å²) in [6.45, 7) is 3.38. The van der Waals surface area contributed by atoms with Crippen LogP contribution in [-0.4, -0.2) is 19.8 Å². The molecule has 0 amide bonds. The first kappa shape index (κ1) is 18.7. The van der Waals surface area contributed by atoms with E-state index in [1.165, 1.54) is 0 Å². The molecule has 0 bridgehead atoms. The van der Waals surface area contributed by atoms with Crippen LogP contribution < -0.4 is 14.2 Å². The zero-order valence-corrected chi connectivity index (χ0v) is 15.0. The van der Waals surface area contributed by atoms with Crippen molar-refractivity contribution in [3.05, 3.63) is 67.3 Å². The molecule has 0 N–H and O–H groups in total. The Hall–Kier alpha value is -3.08. The first-order valence-corrected chi connectivity index (χ1v) is 8.61. The van der Waals surface area contributed by atoms with Crippen LogP contribution >= 0.6 is 0 Å². The molecule has 0 saturated heterocycles. The summed E-state index contributed by atoms with van der Waals surface area (Å²) in [4.78, 5) is 0. The van der Waals surface area contributed by atoms with Gasteiger partial charge in [0.05, 0.1) is 6.61 Å². The summed E-state index contributed by atoms with van der Waals surface area (Å²) in [7, 11) is 0. The van der Waals surface area contributed by atoms with Crippen molar-refractivity contribution in [1.82, 2.24) is 0 Å². The highest BCUT2D eigenvalue weighted by molar-refractivity contribution is 5.93. The predicted octanol–water partition coefficient (Wildman–Crippen LogP) is 6.07. The summed E-state index contributed by atoms with van der Waals surface area (Å²) in [6, 6.07) is 16.7. The molecule has 140 valence electrons. The van der Waals surface area contributed by atoms with E-state index in [0.29, 0.717) is 12.0 Å². The van der Waals surface area contributed by atoms with E-state index in [4.69, 9.17) is 14.2 Å². The SMILES string of the molecule is C=CCOc1ccc2cc(-c3ccc(OCC)cc3)ccc2c1OC(F)F. The number of rotatable bonds is 8. The van der Waals surface area contributed by atoms with Gasteiger partial charge in [-0.05, 0) is 53.8 Å². The van der Waals surface area contributed by atoms with Gasteiger partial charge in [-0.2, -0.15) is 8.78 Å². The molecule has 3 aromatic rings. The third-order valence-corrected chi connectivity index (χ3v) is 4.00. The Balaban J connectivity index is 2.00. The minimum atomic E-state index is -2.94. The molecule has 3 rings (SSSR count). The quantitative estimate of drug-likeness (QED) is 0.450. The van der Waals surface area contributed by atoms with Crippen LogP contribution in [0.3, 0.4) is 0 Å². The number of halogens is 2. The van der Waals surface area contributed by atoms with E-state index in [1.54, 1.807) is 18.2 Å². The van der Waals surface area contributed by atoms with Gasteiger partial charge in [-0.1, -0.05) is 36.9 Å². The molecule has 3 nitrogen and oxygen atoms in total. The van der Waals surface area contributed by atoms with Gasteiger partial charge in [0.2, 0.25) is 0 Å². The van der Waals surface area contributed by atoms with E-state index in [-0.39, 0.29) is 18.1 Å². The van der Waals surface area contributed by atoms with Crippen LogP contribution in [0.25, 0.3) is 21.9 Å². The maximum atomic E-state index is 12.9. The lowest BCUT2D eigenvalue weighted by Gasteiger charge is -2.15. The Morgan fingerprint density at radius 3 is 2.37 bits per heavy atom. The Labute approximate surface area is 156 Å².